The molecule has 5 heteroatoms. The molecule has 5 nitrogen and oxygen atoms in total. The predicted octanol–water partition coefficient (Wildman–Crippen LogP) is 2.99. The van der Waals surface area contributed by atoms with Gasteiger partial charge >= 0.3 is 6.03 Å². The number of para-hydroxylation sites is 1. The number of nitrogens with one attached hydrogen (secondary N) is 1. The van der Waals surface area contributed by atoms with Gasteiger partial charge in [0.05, 0.1) is 6.04 Å². The first kappa shape index (κ1) is 16.6. The lowest BCUT2D eigenvalue weighted by Crippen LogP contribution is -2.44. The van der Waals surface area contributed by atoms with E-state index in [2.05, 4.69) is 17.4 Å². The molecule has 4 rings (SSSR count). The molecule has 2 aromatic rings. The van der Waals surface area contributed by atoms with Gasteiger partial charge in [-0.25, -0.2) is 4.79 Å². The van der Waals surface area contributed by atoms with Crippen LogP contribution in [0, 0.1) is 0 Å². The number of amides is 3. The Kier molecular flexibility index (Phi) is 4.61. The molecule has 2 aliphatic rings. The Morgan fingerprint density at radius 2 is 1.65 bits per heavy atom. The Hall–Kier alpha value is -2.82. The lowest BCUT2D eigenvalue weighted by atomic mass is 9.99. The van der Waals surface area contributed by atoms with Crippen molar-refractivity contribution in [3.8, 4) is 0 Å². The average Bonchev–Trinajstić information content (AvgIpc) is 3.30. The van der Waals surface area contributed by atoms with Gasteiger partial charge in [0.25, 0.3) is 0 Å². The molecule has 0 saturated carbocycles. The first-order valence-electron chi connectivity index (χ1n) is 9.16. The van der Waals surface area contributed by atoms with Gasteiger partial charge in [0.1, 0.15) is 0 Å². The van der Waals surface area contributed by atoms with Crippen molar-refractivity contribution in [2.24, 2.45) is 0 Å². The SMILES string of the molecule is O=C(N[C@H]1CC(=O)N(c2ccccc2)C1)N1CC[C@@H](c2ccccc2)C1. The number of nitrogens with zero attached hydrogens (tertiary/aromatic N) is 2. The van der Waals surface area contributed by atoms with Crippen molar-refractivity contribution in [1.82, 2.24) is 10.2 Å². The molecule has 0 aromatic heterocycles. The minimum atomic E-state index is -0.133. The Morgan fingerprint density at radius 1 is 0.962 bits per heavy atom. The van der Waals surface area contributed by atoms with Crippen molar-refractivity contribution in [3.63, 3.8) is 0 Å². The molecule has 0 spiro atoms. The standard InChI is InChI=1S/C21H23N3O2/c25-20-13-18(15-24(20)19-9-5-2-6-10-19)22-21(26)23-12-11-17(14-23)16-7-3-1-4-8-16/h1-10,17-18H,11-15H2,(H,22,26)/t17-,18+/m1/s1. The van der Waals surface area contributed by atoms with Gasteiger partial charge in [-0.2, -0.15) is 0 Å². The van der Waals surface area contributed by atoms with Crippen LogP contribution in [0.15, 0.2) is 60.7 Å². The second-order valence-corrected chi connectivity index (χ2v) is 7.03. The van der Waals surface area contributed by atoms with Crippen molar-refractivity contribution in [2.45, 2.75) is 24.8 Å². The van der Waals surface area contributed by atoms with Crippen LogP contribution in [0.5, 0.6) is 0 Å². The highest BCUT2D eigenvalue weighted by molar-refractivity contribution is 5.96. The summed E-state index contributed by atoms with van der Waals surface area (Å²) in [6, 6.07) is 19.8. The van der Waals surface area contributed by atoms with Gasteiger partial charge in [-0.1, -0.05) is 48.5 Å². The molecule has 134 valence electrons. The molecule has 2 aliphatic heterocycles. The van der Waals surface area contributed by atoms with Crippen LogP contribution < -0.4 is 10.2 Å². The lowest BCUT2D eigenvalue weighted by Gasteiger charge is -2.21. The summed E-state index contributed by atoms with van der Waals surface area (Å²) in [5, 5.41) is 3.05. The highest BCUT2D eigenvalue weighted by Crippen LogP contribution is 2.27. The number of hydrogen-bond acceptors (Lipinski definition) is 2. The zero-order valence-electron chi connectivity index (χ0n) is 14.7. The van der Waals surface area contributed by atoms with Crippen LogP contribution in [0.3, 0.4) is 0 Å². The van der Waals surface area contributed by atoms with Gasteiger partial charge in [0, 0.05) is 37.7 Å². The van der Waals surface area contributed by atoms with Gasteiger partial charge in [-0.05, 0) is 24.1 Å². The highest BCUT2D eigenvalue weighted by atomic mass is 16.2. The van der Waals surface area contributed by atoms with E-state index in [9.17, 15) is 9.59 Å². The van der Waals surface area contributed by atoms with Crippen LogP contribution in [-0.2, 0) is 4.79 Å². The number of rotatable bonds is 3. The molecule has 3 amide bonds. The molecule has 26 heavy (non-hydrogen) atoms. The van der Waals surface area contributed by atoms with E-state index in [0.29, 0.717) is 18.9 Å². The third kappa shape index (κ3) is 3.43. The summed E-state index contributed by atoms with van der Waals surface area (Å²) in [5.74, 6) is 0.457. The number of hydrogen-bond donors (Lipinski definition) is 1. The summed E-state index contributed by atoms with van der Waals surface area (Å²) in [7, 11) is 0. The first-order chi connectivity index (χ1) is 12.7. The topological polar surface area (TPSA) is 52.7 Å². The lowest BCUT2D eigenvalue weighted by molar-refractivity contribution is -0.117. The molecule has 2 saturated heterocycles. The van der Waals surface area contributed by atoms with E-state index in [4.69, 9.17) is 0 Å². The van der Waals surface area contributed by atoms with Gasteiger partial charge in [-0.3, -0.25) is 4.79 Å². The van der Waals surface area contributed by atoms with Crippen molar-refractivity contribution < 1.29 is 9.59 Å². The summed E-state index contributed by atoms with van der Waals surface area (Å²) in [5.41, 5.74) is 2.17. The quantitative estimate of drug-likeness (QED) is 0.926. The highest BCUT2D eigenvalue weighted by Gasteiger charge is 2.34. The largest absolute Gasteiger partial charge is 0.333 e. The van der Waals surface area contributed by atoms with Gasteiger partial charge in [0.2, 0.25) is 5.91 Å². The number of carbonyl (C=O) groups excluding carboxylic acids is 2. The predicted molar refractivity (Wildman–Crippen MR) is 101 cm³/mol. The van der Waals surface area contributed by atoms with Crippen LogP contribution in [0.2, 0.25) is 0 Å². The molecule has 0 unspecified atom stereocenters. The smallest absolute Gasteiger partial charge is 0.317 e. The van der Waals surface area contributed by atoms with E-state index in [1.165, 1.54) is 5.56 Å². The Bertz CT molecular complexity index is 778. The molecule has 2 atom stereocenters. The third-order valence-corrected chi connectivity index (χ3v) is 5.27. The second-order valence-electron chi connectivity index (χ2n) is 7.03. The maximum atomic E-state index is 12.6. The first-order valence-corrected chi connectivity index (χ1v) is 9.16. The zero-order valence-corrected chi connectivity index (χ0v) is 14.7. The summed E-state index contributed by atoms with van der Waals surface area (Å²) in [6.45, 7) is 2.03. The van der Waals surface area contributed by atoms with Crippen molar-refractivity contribution in [3.05, 3.63) is 66.2 Å². The number of anilines is 1. The van der Waals surface area contributed by atoms with Gasteiger partial charge < -0.3 is 15.1 Å². The molecule has 2 fully saturated rings. The van der Waals surface area contributed by atoms with Crippen molar-refractivity contribution in [1.29, 1.82) is 0 Å². The van der Waals surface area contributed by atoms with E-state index in [0.717, 1.165) is 25.2 Å². The zero-order chi connectivity index (χ0) is 17.9. The molecule has 0 aliphatic carbocycles. The normalized spacial score (nSPS) is 22.7. The van der Waals surface area contributed by atoms with Crippen LogP contribution in [0.4, 0.5) is 10.5 Å². The number of carbonyl (C=O) groups is 2. The van der Waals surface area contributed by atoms with Crippen LogP contribution in [0.25, 0.3) is 0 Å². The summed E-state index contributed by atoms with van der Waals surface area (Å²) in [6.07, 6.45) is 1.34. The van der Waals surface area contributed by atoms with Crippen molar-refractivity contribution in [2.75, 3.05) is 24.5 Å². The summed E-state index contributed by atoms with van der Waals surface area (Å²) < 4.78 is 0. The van der Waals surface area contributed by atoms with E-state index in [1.54, 1.807) is 4.90 Å². The molecule has 0 radical (unpaired) electrons. The fourth-order valence-electron chi connectivity index (χ4n) is 3.87. The Morgan fingerprint density at radius 3 is 2.38 bits per heavy atom. The van der Waals surface area contributed by atoms with Crippen LogP contribution in [-0.4, -0.2) is 42.5 Å². The van der Waals surface area contributed by atoms with Crippen LogP contribution in [0.1, 0.15) is 24.3 Å². The summed E-state index contributed by atoms with van der Waals surface area (Å²) in [4.78, 5) is 28.5. The number of likely N-dealkylation sites (tertiary alicyclic amines) is 1. The fraction of sp³-hybridized carbons (Fsp3) is 0.333. The van der Waals surface area contributed by atoms with Crippen molar-refractivity contribution >= 4 is 17.6 Å². The van der Waals surface area contributed by atoms with Gasteiger partial charge in [-0.15, -0.1) is 0 Å². The molecule has 1 N–H and O–H groups in total. The molecule has 2 aromatic carbocycles. The number of benzene rings is 2. The second kappa shape index (κ2) is 7.20. The maximum absolute atomic E-state index is 12.6. The van der Waals surface area contributed by atoms with E-state index in [-0.39, 0.29) is 18.0 Å². The van der Waals surface area contributed by atoms with Crippen LogP contribution >= 0.6 is 0 Å². The Balaban J connectivity index is 1.34. The third-order valence-electron chi connectivity index (χ3n) is 5.27. The summed E-state index contributed by atoms with van der Waals surface area (Å²) >= 11 is 0. The van der Waals surface area contributed by atoms with Gasteiger partial charge in [0.15, 0.2) is 0 Å². The minimum Gasteiger partial charge on any atom is -0.333 e. The molecule has 2 heterocycles. The Labute approximate surface area is 153 Å². The molecule has 0 bridgehead atoms. The molecular weight excluding hydrogens is 326 g/mol. The average molecular weight is 349 g/mol. The fourth-order valence-corrected chi connectivity index (χ4v) is 3.87. The van der Waals surface area contributed by atoms with E-state index < -0.39 is 0 Å². The monoisotopic (exact) mass is 349 g/mol. The number of urea groups is 1. The van der Waals surface area contributed by atoms with E-state index >= 15 is 0 Å². The van der Waals surface area contributed by atoms with E-state index in [1.807, 2.05) is 53.4 Å². The minimum absolute atomic E-state index is 0.0591. The molecular formula is C21H23N3O2. The maximum Gasteiger partial charge on any atom is 0.317 e.